The van der Waals surface area contributed by atoms with Crippen molar-refractivity contribution in [3.8, 4) is 0 Å². The van der Waals surface area contributed by atoms with Crippen molar-refractivity contribution in [1.29, 1.82) is 0 Å². The van der Waals surface area contributed by atoms with Crippen LogP contribution in [0.3, 0.4) is 0 Å². The van der Waals surface area contributed by atoms with Crippen LogP contribution in [0.1, 0.15) is 97.3 Å². The molecule has 0 saturated carbocycles. The Hall–Kier alpha value is -0.570. The lowest BCUT2D eigenvalue weighted by atomic mass is 9.71. The van der Waals surface area contributed by atoms with Gasteiger partial charge in [-0.1, -0.05) is 71.6 Å². The number of piperidine rings is 1. The van der Waals surface area contributed by atoms with Crippen molar-refractivity contribution in [3.63, 3.8) is 0 Å². The Morgan fingerprint density at radius 3 is 1.88 bits per heavy atom. The van der Waals surface area contributed by atoms with E-state index in [-0.39, 0.29) is 5.41 Å². The highest BCUT2D eigenvalue weighted by Crippen LogP contribution is 2.41. The third-order valence-corrected chi connectivity index (χ3v) is 6.64. The van der Waals surface area contributed by atoms with Gasteiger partial charge in [-0.15, -0.1) is 0 Å². The standard InChI is InChI=1S/C22H42N2O/c1-4-6-8-10-12-14-20(13-11-9-7-5-2)24-17-15-22(16-18-24)19-23(3)21(22)25/h20H,4-19H2,1-3H3. The predicted molar refractivity (Wildman–Crippen MR) is 107 cm³/mol. The lowest BCUT2D eigenvalue weighted by Crippen LogP contribution is -2.63. The molecule has 1 amide bonds. The maximum Gasteiger partial charge on any atom is 0.230 e. The lowest BCUT2D eigenvalue weighted by Gasteiger charge is -2.52. The Morgan fingerprint density at radius 1 is 0.880 bits per heavy atom. The van der Waals surface area contributed by atoms with E-state index in [0.717, 1.165) is 38.5 Å². The Morgan fingerprint density at radius 2 is 1.40 bits per heavy atom. The van der Waals surface area contributed by atoms with Gasteiger partial charge in [-0.05, 0) is 38.8 Å². The van der Waals surface area contributed by atoms with E-state index in [4.69, 9.17) is 0 Å². The van der Waals surface area contributed by atoms with Gasteiger partial charge in [0.05, 0.1) is 5.41 Å². The molecule has 0 bridgehead atoms. The van der Waals surface area contributed by atoms with E-state index >= 15 is 0 Å². The van der Waals surface area contributed by atoms with Crippen LogP contribution >= 0.6 is 0 Å². The molecule has 3 nitrogen and oxygen atoms in total. The van der Waals surface area contributed by atoms with E-state index in [9.17, 15) is 4.79 Å². The van der Waals surface area contributed by atoms with Gasteiger partial charge in [-0.25, -0.2) is 0 Å². The van der Waals surface area contributed by atoms with E-state index in [2.05, 4.69) is 18.7 Å². The van der Waals surface area contributed by atoms with E-state index in [0.29, 0.717) is 5.91 Å². The maximum absolute atomic E-state index is 12.2. The fourth-order valence-electron chi connectivity index (χ4n) is 4.90. The Balaban J connectivity index is 1.77. The molecule has 0 N–H and O–H groups in total. The number of amides is 1. The van der Waals surface area contributed by atoms with E-state index in [1.807, 2.05) is 11.9 Å². The van der Waals surface area contributed by atoms with Gasteiger partial charge in [0.15, 0.2) is 0 Å². The van der Waals surface area contributed by atoms with Crippen LogP contribution in [-0.2, 0) is 4.79 Å². The molecule has 1 unspecified atom stereocenters. The number of likely N-dealkylation sites (tertiary alicyclic amines) is 2. The van der Waals surface area contributed by atoms with Gasteiger partial charge in [-0.3, -0.25) is 4.79 Å². The monoisotopic (exact) mass is 350 g/mol. The highest BCUT2D eigenvalue weighted by molar-refractivity contribution is 5.88. The Bertz CT molecular complexity index is 387. The van der Waals surface area contributed by atoms with Crippen molar-refractivity contribution in [2.75, 3.05) is 26.7 Å². The van der Waals surface area contributed by atoms with Crippen molar-refractivity contribution in [1.82, 2.24) is 9.80 Å². The fourth-order valence-corrected chi connectivity index (χ4v) is 4.90. The first-order valence-electron chi connectivity index (χ1n) is 11.1. The summed E-state index contributed by atoms with van der Waals surface area (Å²) >= 11 is 0. The molecule has 0 aromatic carbocycles. The van der Waals surface area contributed by atoms with Crippen molar-refractivity contribution in [2.24, 2.45) is 5.41 Å². The van der Waals surface area contributed by atoms with Gasteiger partial charge in [0.2, 0.25) is 5.91 Å². The first-order chi connectivity index (χ1) is 12.1. The van der Waals surface area contributed by atoms with Crippen molar-refractivity contribution in [3.05, 3.63) is 0 Å². The van der Waals surface area contributed by atoms with Gasteiger partial charge in [0.1, 0.15) is 0 Å². The summed E-state index contributed by atoms with van der Waals surface area (Å²) < 4.78 is 0. The number of hydrogen-bond acceptors (Lipinski definition) is 2. The molecule has 25 heavy (non-hydrogen) atoms. The Labute approximate surface area is 156 Å². The minimum absolute atomic E-state index is 0.0269. The summed E-state index contributed by atoms with van der Waals surface area (Å²) in [6.45, 7) is 7.87. The molecule has 1 spiro atoms. The first kappa shape index (κ1) is 20.7. The summed E-state index contributed by atoms with van der Waals surface area (Å²) in [5, 5.41) is 0. The average molecular weight is 351 g/mol. The molecule has 2 fully saturated rings. The number of nitrogens with zero attached hydrogens (tertiary/aromatic N) is 2. The predicted octanol–water partition coefficient (Wildman–Crippen LogP) is 5.24. The second-order valence-electron chi connectivity index (χ2n) is 8.68. The summed E-state index contributed by atoms with van der Waals surface area (Å²) in [6.07, 6.45) is 17.3. The van der Waals surface area contributed by atoms with Crippen molar-refractivity contribution in [2.45, 2.75) is 103 Å². The van der Waals surface area contributed by atoms with Gasteiger partial charge < -0.3 is 9.80 Å². The molecule has 2 aliphatic heterocycles. The van der Waals surface area contributed by atoms with E-state index in [1.54, 1.807) is 0 Å². The van der Waals surface area contributed by atoms with E-state index < -0.39 is 0 Å². The zero-order valence-electron chi connectivity index (χ0n) is 17.2. The molecule has 3 heteroatoms. The van der Waals surface area contributed by atoms with Crippen LogP contribution in [0.15, 0.2) is 0 Å². The van der Waals surface area contributed by atoms with Gasteiger partial charge in [-0.2, -0.15) is 0 Å². The number of rotatable bonds is 12. The lowest BCUT2D eigenvalue weighted by molar-refractivity contribution is -0.163. The summed E-state index contributed by atoms with van der Waals surface area (Å²) in [4.78, 5) is 16.9. The summed E-state index contributed by atoms with van der Waals surface area (Å²) in [5.41, 5.74) is 0.0269. The minimum Gasteiger partial charge on any atom is -0.344 e. The first-order valence-corrected chi connectivity index (χ1v) is 11.1. The number of carbonyl (C=O) groups is 1. The summed E-state index contributed by atoms with van der Waals surface area (Å²) in [5.74, 6) is 0.409. The third kappa shape index (κ3) is 5.70. The molecule has 0 aromatic heterocycles. The molecule has 2 aliphatic rings. The fraction of sp³-hybridized carbons (Fsp3) is 0.955. The van der Waals surface area contributed by atoms with Crippen molar-refractivity contribution >= 4 is 5.91 Å². The zero-order chi connectivity index (χ0) is 18.1. The number of unbranched alkanes of at least 4 members (excludes halogenated alkanes) is 7. The minimum atomic E-state index is 0.0269. The van der Waals surface area contributed by atoms with Crippen LogP contribution in [0.5, 0.6) is 0 Å². The van der Waals surface area contributed by atoms with Crippen LogP contribution in [-0.4, -0.2) is 48.4 Å². The molecule has 0 aliphatic carbocycles. The zero-order valence-corrected chi connectivity index (χ0v) is 17.2. The van der Waals surface area contributed by atoms with Crippen molar-refractivity contribution < 1.29 is 4.79 Å². The number of β-lactam (4-membered cyclic amide) rings is 1. The molecule has 2 heterocycles. The van der Waals surface area contributed by atoms with E-state index in [1.165, 1.54) is 70.6 Å². The molecule has 146 valence electrons. The van der Waals surface area contributed by atoms with Crippen LogP contribution in [0, 0.1) is 5.41 Å². The average Bonchev–Trinajstić information content (AvgIpc) is 2.64. The number of hydrogen-bond donors (Lipinski definition) is 0. The highest BCUT2D eigenvalue weighted by Gasteiger charge is 2.51. The molecule has 2 saturated heterocycles. The maximum atomic E-state index is 12.2. The molecular weight excluding hydrogens is 308 g/mol. The number of carbonyl (C=O) groups excluding carboxylic acids is 1. The molecule has 0 aromatic rings. The third-order valence-electron chi connectivity index (χ3n) is 6.64. The second-order valence-corrected chi connectivity index (χ2v) is 8.68. The smallest absolute Gasteiger partial charge is 0.230 e. The van der Waals surface area contributed by atoms with Crippen LogP contribution in [0.2, 0.25) is 0 Å². The molecular formula is C22H42N2O. The van der Waals surface area contributed by atoms with Gasteiger partial charge in [0, 0.05) is 19.6 Å². The normalized spacial score (nSPS) is 21.6. The molecule has 0 radical (unpaired) electrons. The second kappa shape index (κ2) is 10.5. The topological polar surface area (TPSA) is 23.6 Å². The van der Waals surface area contributed by atoms with Crippen LogP contribution in [0.25, 0.3) is 0 Å². The summed E-state index contributed by atoms with van der Waals surface area (Å²) in [7, 11) is 1.95. The summed E-state index contributed by atoms with van der Waals surface area (Å²) in [6, 6.07) is 0.767. The van der Waals surface area contributed by atoms with Gasteiger partial charge >= 0.3 is 0 Å². The van der Waals surface area contributed by atoms with Gasteiger partial charge in [0.25, 0.3) is 0 Å². The molecule has 1 atom stereocenters. The largest absolute Gasteiger partial charge is 0.344 e. The SMILES string of the molecule is CCCCCCCC(CCCCCC)N1CCC2(CC1)CN(C)C2=O. The Kier molecular flexibility index (Phi) is 8.75. The quantitative estimate of drug-likeness (QED) is 0.355. The van der Waals surface area contributed by atoms with Crippen LogP contribution < -0.4 is 0 Å². The molecule has 2 rings (SSSR count). The highest BCUT2D eigenvalue weighted by atomic mass is 16.2. The van der Waals surface area contributed by atoms with Crippen LogP contribution in [0.4, 0.5) is 0 Å².